The lowest BCUT2D eigenvalue weighted by Crippen LogP contribution is -2.36. The van der Waals surface area contributed by atoms with Gasteiger partial charge in [0.05, 0.1) is 6.10 Å². The molecule has 7 nitrogen and oxygen atoms in total. The van der Waals surface area contributed by atoms with Crippen molar-refractivity contribution in [2.45, 2.75) is 52.8 Å². The molecule has 1 unspecified atom stereocenters. The number of hydrogen-bond acceptors (Lipinski definition) is 5. The molecule has 1 heterocycles. The van der Waals surface area contributed by atoms with E-state index in [-0.39, 0.29) is 18.7 Å². The van der Waals surface area contributed by atoms with E-state index in [4.69, 9.17) is 9.15 Å². The van der Waals surface area contributed by atoms with Gasteiger partial charge in [-0.1, -0.05) is 32.0 Å². The quantitative estimate of drug-likeness (QED) is 0.794. The van der Waals surface area contributed by atoms with Crippen LogP contribution in [0, 0.1) is 0 Å². The van der Waals surface area contributed by atoms with Crippen molar-refractivity contribution in [3.63, 3.8) is 0 Å². The maximum absolute atomic E-state index is 12.3. The first kappa shape index (κ1) is 18.8. The lowest BCUT2D eigenvalue weighted by atomic mass is 10.2. The maximum atomic E-state index is 12.3. The molecule has 1 aromatic heterocycles. The Balaban J connectivity index is 1.90. The third-order valence-electron chi connectivity index (χ3n) is 3.84. The van der Waals surface area contributed by atoms with Crippen molar-refractivity contribution in [3.05, 3.63) is 41.6 Å². The van der Waals surface area contributed by atoms with Crippen molar-refractivity contribution < 1.29 is 13.9 Å². The Morgan fingerprint density at radius 1 is 1.28 bits per heavy atom. The zero-order valence-corrected chi connectivity index (χ0v) is 15.3. The molecule has 0 aliphatic carbocycles. The normalized spacial score (nSPS) is 11.8. The molecule has 0 radical (unpaired) electrons. The molecule has 0 aliphatic heterocycles. The molecular formula is C18H26N4O3. The van der Waals surface area contributed by atoms with Gasteiger partial charge in [-0.2, -0.15) is 0 Å². The Morgan fingerprint density at radius 3 is 2.68 bits per heavy atom. The number of rotatable bonds is 8. The molecule has 2 rings (SSSR count). The standard InChI is InChI=1S/C18H26N4O3/c1-5-13(3)24-15-10-8-7-9-14(15)11-19-18(23)22(4)12-17-21-20-16(6-2)25-17/h7-10,13H,5-6,11-12H2,1-4H3,(H,19,23). The average molecular weight is 346 g/mol. The smallest absolute Gasteiger partial charge is 0.317 e. The Labute approximate surface area is 148 Å². The number of aromatic nitrogens is 2. The molecule has 25 heavy (non-hydrogen) atoms. The summed E-state index contributed by atoms with van der Waals surface area (Å²) >= 11 is 0. The number of benzene rings is 1. The van der Waals surface area contributed by atoms with Gasteiger partial charge in [0.1, 0.15) is 12.3 Å². The Kier molecular flexibility index (Phi) is 6.80. The summed E-state index contributed by atoms with van der Waals surface area (Å²) in [7, 11) is 1.69. The number of carbonyl (C=O) groups is 1. The van der Waals surface area contributed by atoms with Crippen LogP contribution in [-0.2, 0) is 19.5 Å². The minimum atomic E-state index is -0.213. The molecule has 1 aromatic carbocycles. The van der Waals surface area contributed by atoms with Crippen molar-refractivity contribution in [1.29, 1.82) is 0 Å². The van der Waals surface area contributed by atoms with Crippen molar-refractivity contribution in [2.75, 3.05) is 7.05 Å². The monoisotopic (exact) mass is 346 g/mol. The molecule has 1 atom stereocenters. The zero-order valence-electron chi connectivity index (χ0n) is 15.3. The molecular weight excluding hydrogens is 320 g/mol. The molecule has 136 valence electrons. The Hall–Kier alpha value is -2.57. The number of hydrogen-bond donors (Lipinski definition) is 1. The maximum Gasteiger partial charge on any atom is 0.317 e. The van der Waals surface area contributed by atoms with E-state index in [0.29, 0.717) is 24.7 Å². The average Bonchev–Trinajstić information content (AvgIpc) is 3.08. The highest BCUT2D eigenvalue weighted by molar-refractivity contribution is 5.73. The van der Waals surface area contributed by atoms with Crippen molar-refractivity contribution in [3.8, 4) is 5.75 Å². The third-order valence-corrected chi connectivity index (χ3v) is 3.84. The fourth-order valence-electron chi connectivity index (χ4n) is 2.14. The van der Waals surface area contributed by atoms with Gasteiger partial charge >= 0.3 is 6.03 Å². The number of urea groups is 1. The highest BCUT2D eigenvalue weighted by Gasteiger charge is 2.14. The number of nitrogens with one attached hydrogen (secondary N) is 1. The second-order valence-electron chi connectivity index (χ2n) is 5.90. The van der Waals surface area contributed by atoms with E-state index in [1.54, 1.807) is 7.05 Å². The first-order chi connectivity index (χ1) is 12.0. The Bertz CT molecular complexity index is 686. The second kappa shape index (κ2) is 9.05. The van der Waals surface area contributed by atoms with Crippen LogP contribution in [0.4, 0.5) is 4.79 Å². The van der Waals surface area contributed by atoms with Gasteiger partial charge in [-0.15, -0.1) is 10.2 Å². The molecule has 0 saturated carbocycles. The van der Waals surface area contributed by atoms with Crippen LogP contribution in [-0.4, -0.2) is 34.3 Å². The van der Waals surface area contributed by atoms with E-state index in [2.05, 4.69) is 22.4 Å². The lowest BCUT2D eigenvalue weighted by Gasteiger charge is -2.18. The van der Waals surface area contributed by atoms with Gasteiger partial charge < -0.3 is 19.4 Å². The van der Waals surface area contributed by atoms with Gasteiger partial charge in [0.2, 0.25) is 11.8 Å². The Morgan fingerprint density at radius 2 is 2.00 bits per heavy atom. The summed E-state index contributed by atoms with van der Waals surface area (Å²) in [6.07, 6.45) is 1.73. The highest BCUT2D eigenvalue weighted by atomic mass is 16.5. The number of carbonyl (C=O) groups excluding carboxylic acids is 1. The van der Waals surface area contributed by atoms with Crippen LogP contribution in [0.15, 0.2) is 28.7 Å². The second-order valence-corrected chi connectivity index (χ2v) is 5.90. The summed E-state index contributed by atoms with van der Waals surface area (Å²) < 4.78 is 11.3. The predicted octanol–water partition coefficient (Wildman–Crippen LogP) is 3.15. The first-order valence-electron chi connectivity index (χ1n) is 8.58. The van der Waals surface area contributed by atoms with Gasteiger partial charge in [0.25, 0.3) is 0 Å². The van der Waals surface area contributed by atoms with E-state index < -0.39 is 0 Å². The molecule has 7 heteroatoms. The summed E-state index contributed by atoms with van der Waals surface area (Å²) in [5, 5.41) is 10.7. The predicted molar refractivity (Wildman–Crippen MR) is 94.2 cm³/mol. The van der Waals surface area contributed by atoms with E-state index in [0.717, 1.165) is 17.7 Å². The number of para-hydroxylation sites is 1. The number of ether oxygens (including phenoxy) is 1. The zero-order chi connectivity index (χ0) is 18.2. The largest absolute Gasteiger partial charge is 0.490 e. The summed E-state index contributed by atoms with van der Waals surface area (Å²) in [5.74, 6) is 1.79. The molecule has 0 aliphatic rings. The molecule has 2 aromatic rings. The molecule has 0 spiro atoms. The summed E-state index contributed by atoms with van der Waals surface area (Å²) in [4.78, 5) is 13.8. The van der Waals surface area contributed by atoms with E-state index >= 15 is 0 Å². The van der Waals surface area contributed by atoms with E-state index in [1.165, 1.54) is 4.90 Å². The van der Waals surface area contributed by atoms with Crippen molar-refractivity contribution in [1.82, 2.24) is 20.4 Å². The van der Waals surface area contributed by atoms with Crippen molar-refractivity contribution in [2.24, 2.45) is 0 Å². The third kappa shape index (κ3) is 5.48. The fourth-order valence-corrected chi connectivity index (χ4v) is 2.14. The lowest BCUT2D eigenvalue weighted by molar-refractivity contribution is 0.200. The van der Waals surface area contributed by atoms with Gasteiger partial charge in [-0.05, 0) is 19.4 Å². The number of aryl methyl sites for hydroxylation is 1. The SMILES string of the molecule is CCc1nnc(CN(C)C(=O)NCc2ccccc2OC(C)CC)o1. The van der Waals surface area contributed by atoms with Crippen LogP contribution in [0.1, 0.15) is 44.5 Å². The molecule has 0 saturated heterocycles. The molecule has 0 fully saturated rings. The van der Waals surface area contributed by atoms with Crippen LogP contribution in [0.25, 0.3) is 0 Å². The van der Waals surface area contributed by atoms with Gasteiger partial charge in [0, 0.05) is 25.6 Å². The highest BCUT2D eigenvalue weighted by Crippen LogP contribution is 2.20. The fraction of sp³-hybridized carbons (Fsp3) is 0.500. The number of amides is 2. The molecule has 1 N–H and O–H groups in total. The van der Waals surface area contributed by atoms with Crippen molar-refractivity contribution >= 4 is 6.03 Å². The molecule has 2 amide bonds. The topological polar surface area (TPSA) is 80.5 Å². The van der Waals surface area contributed by atoms with Gasteiger partial charge in [-0.25, -0.2) is 4.79 Å². The van der Waals surface area contributed by atoms with Crippen LogP contribution in [0.2, 0.25) is 0 Å². The number of nitrogens with zero attached hydrogens (tertiary/aromatic N) is 3. The minimum absolute atomic E-state index is 0.129. The molecule has 0 bridgehead atoms. The minimum Gasteiger partial charge on any atom is -0.490 e. The van der Waals surface area contributed by atoms with Crippen LogP contribution in [0.5, 0.6) is 5.75 Å². The van der Waals surface area contributed by atoms with E-state index in [9.17, 15) is 4.79 Å². The van der Waals surface area contributed by atoms with Gasteiger partial charge in [-0.3, -0.25) is 0 Å². The summed E-state index contributed by atoms with van der Waals surface area (Å²) in [5.41, 5.74) is 0.940. The van der Waals surface area contributed by atoms with Gasteiger partial charge in [0.15, 0.2) is 0 Å². The summed E-state index contributed by atoms with van der Waals surface area (Å²) in [6.45, 7) is 6.69. The van der Waals surface area contributed by atoms with E-state index in [1.807, 2.05) is 38.1 Å². The van der Waals surface area contributed by atoms with Crippen LogP contribution >= 0.6 is 0 Å². The summed E-state index contributed by atoms with van der Waals surface area (Å²) in [6, 6.07) is 7.51. The van der Waals surface area contributed by atoms with Crippen LogP contribution < -0.4 is 10.1 Å². The first-order valence-corrected chi connectivity index (χ1v) is 8.58. The van der Waals surface area contributed by atoms with Crippen LogP contribution in [0.3, 0.4) is 0 Å².